The zero-order valence-corrected chi connectivity index (χ0v) is 9.74. The van der Waals surface area contributed by atoms with Crippen LogP contribution in [0.4, 0.5) is 24.8 Å². The summed E-state index contributed by atoms with van der Waals surface area (Å²) in [7, 11) is 0. The topological polar surface area (TPSA) is 50.9 Å². The van der Waals surface area contributed by atoms with Gasteiger partial charge in [0.15, 0.2) is 0 Å². The molecule has 1 unspecified atom stereocenters. The van der Waals surface area contributed by atoms with Crippen LogP contribution in [0.15, 0.2) is 12.1 Å². The molecule has 7 heteroatoms. The number of pyridine rings is 1. The molecule has 17 heavy (non-hydrogen) atoms. The summed E-state index contributed by atoms with van der Waals surface area (Å²) in [6.45, 7) is 0. The van der Waals surface area contributed by atoms with Crippen molar-refractivity contribution in [3.63, 3.8) is 0 Å². The Morgan fingerprint density at radius 1 is 1.41 bits per heavy atom. The highest BCUT2D eigenvalue weighted by molar-refractivity contribution is 7.99. The summed E-state index contributed by atoms with van der Waals surface area (Å²) in [5.74, 6) is 1.99. The third-order valence-corrected chi connectivity index (χ3v) is 3.62. The van der Waals surface area contributed by atoms with Crippen molar-refractivity contribution in [2.24, 2.45) is 0 Å². The molecule has 1 aliphatic heterocycles. The smallest absolute Gasteiger partial charge is 0.384 e. The second-order valence-electron chi connectivity index (χ2n) is 3.87. The van der Waals surface area contributed by atoms with Gasteiger partial charge in [-0.25, -0.2) is 4.98 Å². The molecular weight excluding hydrogens is 251 g/mol. The van der Waals surface area contributed by atoms with E-state index in [-0.39, 0.29) is 17.7 Å². The highest BCUT2D eigenvalue weighted by Crippen LogP contribution is 2.32. The van der Waals surface area contributed by atoms with Crippen LogP contribution in [0.5, 0.6) is 0 Å². The van der Waals surface area contributed by atoms with Gasteiger partial charge in [0.1, 0.15) is 11.6 Å². The Hall–Kier alpha value is -1.11. The number of thioether (sulfide) groups is 1. The quantitative estimate of drug-likeness (QED) is 0.861. The van der Waals surface area contributed by atoms with E-state index < -0.39 is 11.7 Å². The van der Waals surface area contributed by atoms with Crippen LogP contribution in [0.25, 0.3) is 0 Å². The average molecular weight is 263 g/mol. The number of nitrogen functional groups attached to an aromatic ring is 1. The normalized spacial score (nSPS) is 20.5. The van der Waals surface area contributed by atoms with E-state index in [1.54, 1.807) is 11.8 Å². The molecule has 3 N–H and O–H groups in total. The van der Waals surface area contributed by atoms with Crippen molar-refractivity contribution < 1.29 is 13.2 Å². The van der Waals surface area contributed by atoms with E-state index in [0.29, 0.717) is 0 Å². The molecular formula is C10H12F3N3S. The molecule has 1 aliphatic rings. The number of anilines is 2. The Labute approximate surface area is 101 Å². The van der Waals surface area contributed by atoms with E-state index in [0.717, 1.165) is 30.1 Å². The number of aromatic nitrogens is 1. The number of rotatable bonds is 2. The van der Waals surface area contributed by atoms with Gasteiger partial charge in [-0.05, 0) is 24.3 Å². The van der Waals surface area contributed by atoms with Crippen LogP contribution < -0.4 is 11.1 Å². The van der Waals surface area contributed by atoms with Gasteiger partial charge in [-0.15, -0.1) is 0 Å². The van der Waals surface area contributed by atoms with Crippen LogP contribution in [0, 0.1) is 0 Å². The first-order valence-electron chi connectivity index (χ1n) is 5.14. The highest BCUT2D eigenvalue weighted by Gasteiger charge is 2.31. The van der Waals surface area contributed by atoms with Crippen LogP contribution in [0.3, 0.4) is 0 Å². The first kappa shape index (κ1) is 12.3. The predicted octanol–water partition coefficient (Wildman–Crippen LogP) is 2.60. The van der Waals surface area contributed by atoms with E-state index >= 15 is 0 Å². The second kappa shape index (κ2) is 4.64. The second-order valence-corrected chi connectivity index (χ2v) is 5.02. The average Bonchev–Trinajstić information content (AvgIpc) is 2.68. The lowest BCUT2D eigenvalue weighted by atomic mass is 10.2. The van der Waals surface area contributed by atoms with Crippen molar-refractivity contribution in [2.45, 2.75) is 18.6 Å². The number of hydrogen-bond acceptors (Lipinski definition) is 4. The molecule has 2 rings (SSSR count). The fourth-order valence-corrected chi connectivity index (χ4v) is 2.80. The Balaban J connectivity index is 2.19. The van der Waals surface area contributed by atoms with Gasteiger partial charge < -0.3 is 11.1 Å². The number of hydrogen-bond donors (Lipinski definition) is 2. The van der Waals surface area contributed by atoms with Crippen molar-refractivity contribution in [1.82, 2.24) is 4.98 Å². The summed E-state index contributed by atoms with van der Waals surface area (Å²) in [6.07, 6.45) is -3.46. The fourth-order valence-electron chi connectivity index (χ4n) is 1.65. The summed E-state index contributed by atoms with van der Waals surface area (Å²) in [5.41, 5.74) is 4.61. The number of halogens is 3. The monoisotopic (exact) mass is 263 g/mol. The molecule has 0 aliphatic carbocycles. The SMILES string of the molecule is Nc1cc(C(F)(F)F)cc(NC2CCSC2)n1. The van der Waals surface area contributed by atoms with Crippen molar-refractivity contribution >= 4 is 23.4 Å². The number of nitrogens with zero attached hydrogens (tertiary/aromatic N) is 1. The molecule has 3 nitrogen and oxygen atoms in total. The van der Waals surface area contributed by atoms with Crippen molar-refractivity contribution in [3.05, 3.63) is 17.7 Å². The minimum absolute atomic E-state index is 0.118. The van der Waals surface area contributed by atoms with Gasteiger partial charge in [0.2, 0.25) is 0 Å². The molecule has 0 bridgehead atoms. The molecule has 1 saturated heterocycles. The zero-order chi connectivity index (χ0) is 12.5. The number of nitrogens with two attached hydrogens (primary N) is 1. The van der Waals surface area contributed by atoms with Crippen LogP contribution in [0.1, 0.15) is 12.0 Å². The standard InChI is InChI=1S/C10H12F3N3S/c11-10(12,13)6-3-8(14)16-9(4-6)15-7-1-2-17-5-7/h3-4,7H,1-2,5H2,(H3,14,15,16). The fraction of sp³-hybridized carbons (Fsp3) is 0.500. The molecule has 0 aromatic carbocycles. The summed E-state index contributed by atoms with van der Waals surface area (Å²) >= 11 is 1.77. The van der Waals surface area contributed by atoms with E-state index in [9.17, 15) is 13.2 Å². The molecule has 0 radical (unpaired) electrons. The lowest BCUT2D eigenvalue weighted by Crippen LogP contribution is -2.20. The van der Waals surface area contributed by atoms with Crippen LogP contribution in [0.2, 0.25) is 0 Å². The zero-order valence-electron chi connectivity index (χ0n) is 8.92. The first-order valence-corrected chi connectivity index (χ1v) is 6.29. The maximum atomic E-state index is 12.5. The summed E-state index contributed by atoms with van der Waals surface area (Å²) < 4.78 is 37.6. The Morgan fingerprint density at radius 2 is 2.18 bits per heavy atom. The largest absolute Gasteiger partial charge is 0.416 e. The summed E-state index contributed by atoms with van der Waals surface area (Å²) in [5, 5.41) is 2.98. The molecule has 1 fully saturated rings. The van der Waals surface area contributed by atoms with E-state index in [1.165, 1.54) is 0 Å². The molecule has 2 heterocycles. The molecule has 0 saturated carbocycles. The van der Waals surface area contributed by atoms with E-state index in [4.69, 9.17) is 5.73 Å². The molecule has 0 spiro atoms. The first-order chi connectivity index (χ1) is 7.95. The Morgan fingerprint density at radius 3 is 2.76 bits per heavy atom. The van der Waals surface area contributed by atoms with Gasteiger partial charge in [-0.2, -0.15) is 24.9 Å². The maximum absolute atomic E-state index is 12.5. The van der Waals surface area contributed by atoms with Crippen molar-refractivity contribution in [2.75, 3.05) is 22.6 Å². The highest BCUT2D eigenvalue weighted by atomic mass is 32.2. The van der Waals surface area contributed by atoms with Crippen molar-refractivity contribution in [1.29, 1.82) is 0 Å². The predicted molar refractivity (Wildman–Crippen MR) is 63.0 cm³/mol. The van der Waals surface area contributed by atoms with E-state index in [1.807, 2.05) is 0 Å². The van der Waals surface area contributed by atoms with Crippen LogP contribution in [-0.4, -0.2) is 22.5 Å². The van der Waals surface area contributed by atoms with Gasteiger partial charge in [0.05, 0.1) is 5.56 Å². The third kappa shape index (κ3) is 3.18. The van der Waals surface area contributed by atoms with Gasteiger partial charge in [-0.1, -0.05) is 0 Å². The minimum atomic E-state index is -4.39. The van der Waals surface area contributed by atoms with Crippen LogP contribution in [-0.2, 0) is 6.18 Å². The molecule has 1 atom stereocenters. The lowest BCUT2D eigenvalue weighted by Gasteiger charge is -2.14. The Kier molecular flexibility index (Phi) is 3.37. The van der Waals surface area contributed by atoms with Crippen molar-refractivity contribution in [3.8, 4) is 0 Å². The maximum Gasteiger partial charge on any atom is 0.416 e. The molecule has 1 aromatic rings. The third-order valence-electron chi connectivity index (χ3n) is 2.45. The number of nitrogens with one attached hydrogen (secondary N) is 1. The molecule has 94 valence electrons. The summed E-state index contributed by atoms with van der Waals surface area (Å²) in [4.78, 5) is 3.87. The minimum Gasteiger partial charge on any atom is -0.384 e. The van der Waals surface area contributed by atoms with Gasteiger partial charge in [-0.3, -0.25) is 0 Å². The Bertz CT molecular complexity index is 402. The van der Waals surface area contributed by atoms with Gasteiger partial charge >= 0.3 is 6.18 Å². The summed E-state index contributed by atoms with van der Waals surface area (Å²) in [6, 6.07) is 2.02. The molecule has 1 aromatic heterocycles. The van der Waals surface area contributed by atoms with Gasteiger partial charge in [0.25, 0.3) is 0 Å². The van der Waals surface area contributed by atoms with Gasteiger partial charge in [0, 0.05) is 11.8 Å². The van der Waals surface area contributed by atoms with E-state index in [2.05, 4.69) is 10.3 Å². The molecule has 0 amide bonds. The lowest BCUT2D eigenvalue weighted by molar-refractivity contribution is -0.137. The number of alkyl halides is 3. The van der Waals surface area contributed by atoms with Crippen LogP contribution >= 0.6 is 11.8 Å².